The van der Waals surface area contributed by atoms with E-state index in [1.54, 1.807) is 11.3 Å². The van der Waals surface area contributed by atoms with Gasteiger partial charge in [0.1, 0.15) is 0 Å². The lowest BCUT2D eigenvalue weighted by Crippen LogP contribution is -2.40. The molecule has 1 aliphatic carbocycles. The van der Waals surface area contributed by atoms with Crippen molar-refractivity contribution in [2.45, 2.75) is 65.0 Å². The Morgan fingerprint density at radius 1 is 1.22 bits per heavy atom. The standard InChI is InChI=1S/C16H27NS/c1-12(2)15-4-6-16(7-5-15)17-13(3)10-14-8-9-18-11-14/h8-9,11-13,15-17H,4-7,10H2,1-3H3. The Kier molecular flexibility index (Phi) is 5.25. The molecule has 0 aliphatic heterocycles. The van der Waals surface area contributed by atoms with Gasteiger partial charge in [-0.1, -0.05) is 13.8 Å². The minimum atomic E-state index is 0.611. The van der Waals surface area contributed by atoms with Crippen LogP contribution in [0.5, 0.6) is 0 Å². The highest BCUT2D eigenvalue weighted by Crippen LogP contribution is 2.30. The van der Waals surface area contributed by atoms with Crippen LogP contribution >= 0.6 is 11.3 Å². The van der Waals surface area contributed by atoms with E-state index in [-0.39, 0.29) is 0 Å². The van der Waals surface area contributed by atoms with E-state index >= 15 is 0 Å². The van der Waals surface area contributed by atoms with Crippen molar-refractivity contribution in [2.75, 3.05) is 0 Å². The van der Waals surface area contributed by atoms with Crippen molar-refractivity contribution in [2.24, 2.45) is 11.8 Å². The van der Waals surface area contributed by atoms with E-state index in [0.29, 0.717) is 6.04 Å². The van der Waals surface area contributed by atoms with Gasteiger partial charge in [0, 0.05) is 12.1 Å². The molecule has 1 nitrogen and oxygen atoms in total. The van der Waals surface area contributed by atoms with Gasteiger partial charge in [0.2, 0.25) is 0 Å². The van der Waals surface area contributed by atoms with Crippen LogP contribution in [-0.2, 0) is 6.42 Å². The molecule has 1 aromatic rings. The SMILES string of the molecule is CC(Cc1ccsc1)NC1CCC(C(C)C)CC1. The maximum absolute atomic E-state index is 3.82. The summed E-state index contributed by atoms with van der Waals surface area (Å²) in [5.74, 6) is 1.84. The fourth-order valence-electron chi connectivity index (χ4n) is 3.18. The van der Waals surface area contributed by atoms with Gasteiger partial charge in [0.05, 0.1) is 0 Å². The van der Waals surface area contributed by atoms with Crippen LogP contribution in [0.25, 0.3) is 0 Å². The smallest absolute Gasteiger partial charge is 0.00820 e. The van der Waals surface area contributed by atoms with E-state index in [1.165, 1.54) is 37.7 Å². The lowest BCUT2D eigenvalue weighted by Gasteiger charge is -2.33. The molecule has 1 atom stereocenters. The topological polar surface area (TPSA) is 12.0 Å². The summed E-state index contributed by atoms with van der Waals surface area (Å²) in [6.07, 6.45) is 6.75. The predicted octanol–water partition coefficient (Wildman–Crippen LogP) is 4.48. The molecule has 0 radical (unpaired) electrons. The zero-order chi connectivity index (χ0) is 13.0. The summed E-state index contributed by atoms with van der Waals surface area (Å²) in [6, 6.07) is 3.62. The van der Waals surface area contributed by atoms with E-state index in [2.05, 4.69) is 42.9 Å². The molecule has 102 valence electrons. The fraction of sp³-hybridized carbons (Fsp3) is 0.750. The van der Waals surface area contributed by atoms with Crippen molar-refractivity contribution >= 4 is 11.3 Å². The van der Waals surface area contributed by atoms with Crippen molar-refractivity contribution in [3.63, 3.8) is 0 Å². The van der Waals surface area contributed by atoms with Crippen LogP contribution in [0.2, 0.25) is 0 Å². The highest BCUT2D eigenvalue weighted by Gasteiger charge is 2.23. The Morgan fingerprint density at radius 3 is 2.50 bits per heavy atom. The van der Waals surface area contributed by atoms with Gasteiger partial charge in [-0.15, -0.1) is 0 Å². The maximum atomic E-state index is 3.82. The second-order valence-corrected chi connectivity index (χ2v) is 7.04. The first kappa shape index (κ1) is 14.1. The molecule has 1 heterocycles. The fourth-order valence-corrected chi connectivity index (χ4v) is 3.86. The Morgan fingerprint density at radius 2 is 1.94 bits per heavy atom. The lowest BCUT2D eigenvalue weighted by molar-refractivity contribution is 0.230. The van der Waals surface area contributed by atoms with Gasteiger partial charge in [0.25, 0.3) is 0 Å². The third-order valence-corrected chi connectivity index (χ3v) is 5.09. The third-order valence-electron chi connectivity index (χ3n) is 4.36. The molecular formula is C16H27NS. The number of hydrogen-bond acceptors (Lipinski definition) is 2. The monoisotopic (exact) mass is 265 g/mol. The largest absolute Gasteiger partial charge is 0.311 e. The Bertz CT molecular complexity index is 323. The Hall–Kier alpha value is -0.340. The van der Waals surface area contributed by atoms with Crippen molar-refractivity contribution < 1.29 is 0 Å². The molecule has 0 saturated heterocycles. The van der Waals surface area contributed by atoms with Gasteiger partial charge >= 0.3 is 0 Å². The zero-order valence-corrected chi connectivity index (χ0v) is 12.8. The molecule has 1 unspecified atom stereocenters. The van der Waals surface area contributed by atoms with Crippen molar-refractivity contribution in [3.05, 3.63) is 22.4 Å². The van der Waals surface area contributed by atoms with Crippen LogP contribution in [0, 0.1) is 11.8 Å². The molecule has 0 aromatic carbocycles. The minimum Gasteiger partial charge on any atom is -0.311 e. The molecule has 2 rings (SSSR count). The molecule has 18 heavy (non-hydrogen) atoms. The number of nitrogens with one attached hydrogen (secondary N) is 1. The summed E-state index contributed by atoms with van der Waals surface area (Å²) >= 11 is 1.80. The summed E-state index contributed by atoms with van der Waals surface area (Å²) in [7, 11) is 0. The van der Waals surface area contributed by atoms with E-state index in [1.807, 2.05) is 0 Å². The summed E-state index contributed by atoms with van der Waals surface area (Å²) in [6.45, 7) is 7.07. The highest BCUT2D eigenvalue weighted by atomic mass is 32.1. The van der Waals surface area contributed by atoms with Crippen LogP contribution in [0.15, 0.2) is 16.8 Å². The molecule has 1 fully saturated rings. The van der Waals surface area contributed by atoms with Gasteiger partial charge in [-0.2, -0.15) is 11.3 Å². The molecule has 1 aliphatic rings. The summed E-state index contributed by atoms with van der Waals surface area (Å²) in [5, 5.41) is 8.27. The number of hydrogen-bond donors (Lipinski definition) is 1. The molecule has 0 spiro atoms. The van der Waals surface area contributed by atoms with Crippen LogP contribution in [-0.4, -0.2) is 12.1 Å². The summed E-state index contributed by atoms with van der Waals surface area (Å²) < 4.78 is 0. The second kappa shape index (κ2) is 6.72. The van der Waals surface area contributed by atoms with Crippen molar-refractivity contribution in [1.29, 1.82) is 0 Å². The first-order valence-electron chi connectivity index (χ1n) is 7.42. The van der Waals surface area contributed by atoms with Crippen LogP contribution in [0.1, 0.15) is 52.0 Å². The Balaban J connectivity index is 1.71. The molecule has 1 N–H and O–H groups in total. The van der Waals surface area contributed by atoms with E-state index < -0.39 is 0 Å². The molecule has 1 aromatic heterocycles. The third kappa shape index (κ3) is 4.10. The lowest BCUT2D eigenvalue weighted by atomic mass is 9.79. The van der Waals surface area contributed by atoms with Gasteiger partial charge < -0.3 is 5.32 Å². The molecule has 1 saturated carbocycles. The quantitative estimate of drug-likeness (QED) is 0.827. The molecular weight excluding hydrogens is 238 g/mol. The van der Waals surface area contributed by atoms with Gasteiger partial charge in [-0.25, -0.2) is 0 Å². The second-order valence-electron chi connectivity index (χ2n) is 6.26. The van der Waals surface area contributed by atoms with Gasteiger partial charge in [-0.3, -0.25) is 0 Å². The summed E-state index contributed by atoms with van der Waals surface area (Å²) in [5.41, 5.74) is 1.48. The number of thiophene rings is 1. The first-order valence-corrected chi connectivity index (χ1v) is 8.36. The number of rotatable bonds is 5. The molecule has 0 amide bonds. The van der Waals surface area contributed by atoms with Crippen molar-refractivity contribution in [1.82, 2.24) is 5.32 Å². The average molecular weight is 265 g/mol. The van der Waals surface area contributed by atoms with Crippen LogP contribution < -0.4 is 5.32 Å². The highest BCUT2D eigenvalue weighted by molar-refractivity contribution is 7.07. The first-order chi connectivity index (χ1) is 8.65. The summed E-state index contributed by atoms with van der Waals surface area (Å²) in [4.78, 5) is 0. The van der Waals surface area contributed by atoms with Crippen molar-refractivity contribution in [3.8, 4) is 0 Å². The molecule has 0 bridgehead atoms. The van der Waals surface area contributed by atoms with E-state index in [4.69, 9.17) is 0 Å². The van der Waals surface area contributed by atoms with Gasteiger partial charge in [0.15, 0.2) is 0 Å². The predicted molar refractivity (Wildman–Crippen MR) is 81.2 cm³/mol. The van der Waals surface area contributed by atoms with Crippen LogP contribution in [0.3, 0.4) is 0 Å². The van der Waals surface area contributed by atoms with Gasteiger partial charge in [-0.05, 0) is 73.3 Å². The minimum absolute atomic E-state index is 0.611. The maximum Gasteiger partial charge on any atom is 0.00820 e. The van der Waals surface area contributed by atoms with E-state index in [9.17, 15) is 0 Å². The average Bonchev–Trinajstić information content (AvgIpc) is 2.82. The van der Waals surface area contributed by atoms with E-state index in [0.717, 1.165) is 17.9 Å². The van der Waals surface area contributed by atoms with Crippen LogP contribution in [0.4, 0.5) is 0 Å². The zero-order valence-electron chi connectivity index (χ0n) is 12.0. The molecule has 2 heteroatoms. The normalized spacial score (nSPS) is 26.4. The Labute approximate surface area is 116 Å².